The Kier molecular flexibility index (Phi) is 3.17. The van der Waals surface area contributed by atoms with Crippen molar-refractivity contribution in [3.63, 3.8) is 0 Å². The standard InChI is InChI=1S/C13H20N2O/c1-9(2)15-8-11(14)7-13(15)10-4-3-5-12(16)6-10/h3-6,9,11,13,16H,7-8,14H2,1-2H3. The summed E-state index contributed by atoms with van der Waals surface area (Å²) < 4.78 is 0. The molecule has 1 aliphatic rings. The second-order valence-electron chi connectivity index (χ2n) is 4.90. The third-order valence-corrected chi connectivity index (χ3v) is 3.29. The minimum absolute atomic E-state index is 0.245. The lowest BCUT2D eigenvalue weighted by molar-refractivity contribution is 0.204. The number of phenolic OH excluding ortho intramolecular Hbond substituents is 1. The molecule has 1 heterocycles. The summed E-state index contributed by atoms with van der Waals surface area (Å²) in [6, 6.07) is 8.60. The molecule has 0 bridgehead atoms. The maximum Gasteiger partial charge on any atom is 0.115 e. The highest BCUT2D eigenvalue weighted by atomic mass is 16.3. The fourth-order valence-electron chi connectivity index (χ4n) is 2.53. The lowest BCUT2D eigenvalue weighted by atomic mass is 10.0. The first kappa shape index (κ1) is 11.4. The van der Waals surface area contributed by atoms with E-state index in [1.807, 2.05) is 12.1 Å². The highest BCUT2D eigenvalue weighted by Gasteiger charge is 2.32. The third-order valence-electron chi connectivity index (χ3n) is 3.29. The molecule has 2 atom stereocenters. The number of hydrogen-bond donors (Lipinski definition) is 2. The number of aromatic hydroxyl groups is 1. The van der Waals surface area contributed by atoms with Gasteiger partial charge in [0.05, 0.1) is 0 Å². The third kappa shape index (κ3) is 2.20. The van der Waals surface area contributed by atoms with Crippen molar-refractivity contribution in [2.24, 2.45) is 5.73 Å². The highest BCUT2D eigenvalue weighted by Crippen LogP contribution is 2.34. The van der Waals surface area contributed by atoms with Crippen LogP contribution in [0.15, 0.2) is 24.3 Å². The fourth-order valence-corrected chi connectivity index (χ4v) is 2.53. The first-order valence-electron chi connectivity index (χ1n) is 5.88. The number of likely N-dealkylation sites (tertiary alicyclic amines) is 1. The van der Waals surface area contributed by atoms with E-state index >= 15 is 0 Å². The van der Waals surface area contributed by atoms with Crippen LogP contribution in [-0.4, -0.2) is 28.6 Å². The Bertz CT molecular complexity index is 365. The van der Waals surface area contributed by atoms with Gasteiger partial charge in [-0.15, -0.1) is 0 Å². The van der Waals surface area contributed by atoms with E-state index in [4.69, 9.17) is 5.73 Å². The summed E-state index contributed by atoms with van der Waals surface area (Å²) in [5.74, 6) is 0.335. The maximum absolute atomic E-state index is 9.51. The molecular formula is C13H20N2O. The van der Waals surface area contributed by atoms with Crippen LogP contribution in [0.2, 0.25) is 0 Å². The number of benzene rings is 1. The van der Waals surface area contributed by atoms with Crippen LogP contribution in [-0.2, 0) is 0 Å². The Hall–Kier alpha value is -1.06. The number of nitrogens with zero attached hydrogens (tertiary/aromatic N) is 1. The molecule has 2 unspecified atom stereocenters. The van der Waals surface area contributed by atoms with Gasteiger partial charge in [0.25, 0.3) is 0 Å². The van der Waals surface area contributed by atoms with Gasteiger partial charge in [-0.05, 0) is 38.0 Å². The van der Waals surface area contributed by atoms with E-state index in [-0.39, 0.29) is 6.04 Å². The van der Waals surface area contributed by atoms with Crippen LogP contribution in [0.25, 0.3) is 0 Å². The average molecular weight is 220 g/mol. The molecule has 0 aliphatic carbocycles. The van der Waals surface area contributed by atoms with Crippen LogP contribution in [0.3, 0.4) is 0 Å². The van der Waals surface area contributed by atoms with Crippen LogP contribution in [0.4, 0.5) is 0 Å². The molecule has 3 nitrogen and oxygen atoms in total. The van der Waals surface area contributed by atoms with Crippen molar-refractivity contribution in [3.8, 4) is 5.75 Å². The van der Waals surface area contributed by atoms with E-state index in [0.29, 0.717) is 17.8 Å². The van der Waals surface area contributed by atoms with Gasteiger partial charge >= 0.3 is 0 Å². The van der Waals surface area contributed by atoms with Crippen LogP contribution in [0.5, 0.6) is 5.75 Å². The quantitative estimate of drug-likeness (QED) is 0.800. The smallest absolute Gasteiger partial charge is 0.115 e. The van der Waals surface area contributed by atoms with Gasteiger partial charge in [-0.2, -0.15) is 0 Å². The Labute approximate surface area is 96.9 Å². The van der Waals surface area contributed by atoms with Crippen molar-refractivity contribution in [2.45, 2.75) is 38.4 Å². The Morgan fingerprint density at radius 1 is 1.44 bits per heavy atom. The van der Waals surface area contributed by atoms with Gasteiger partial charge in [-0.1, -0.05) is 12.1 Å². The molecule has 0 aromatic heterocycles. The van der Waals surface area contributed by atoms with Crippen molar-refractivity contribution in [1.82, 2.24) is 4.90 Å². The minimum Gasteiger partial charge on any atom is -0.508 e. The topological polar surface area (TPSA) is 49.5 Å². The first-order valence-corrected chi connectivity index (χ1v) is 5.88. The number of hydrogen-bond acceptors (Lipinski definition) is 3. The summed E-state index contributed by atoms with van der Waals surface area (Å²) in [7, 11) is 0. The van der Waals surface area contributed by atoms with Crippen molar-refractivity contribution in [2.75, 3.05) is 6.54 Å². The minimum atomic E-state index is 0.245. The van der Waals surface area contributed by atoms with Crippen molar-refractivity contribution < 1.29 is 5.11 Å². The summed E-state index contributed by atoms with van der Waals surface area (Å²) in [6.45, 7) is 5.32. The maximum atomic E-state index is 9.51. The SMILES string of the molecule is CC(C)N1CC(N)CC1c1cccc(O)c1. The summed E-state index contributed by atoms with van der Waals surface area (Å²) in [5, 5.41) is 9.51. The van der Waals surface area contributed by atoms with Gasteiger partial charge in [0.2, 0.25) is 0 Å². The second kappa shape index (κ2) is 4.44. The zero-order valence-corrected chi connectivity index (χ0v) is 9.93. The van der Waals surface area contributed by atoms with E-state index in [2.05, 4.69) is 24.8 Å². The van der Waals surface area contributed by atoms with Crippen molar-refractivity contribution >= 4 is 0 Å². The summed E-state index contributed by atoms with van der Waals surface area (Å²) in [6.07, 6.45) is 0.974. The Morgan fingerprint density at radius 3 is 2.81 bits per heavy atom. The van der Waals surface area contributed by atoms with Crippen LogP contribution >= 0.6 is 0 Å². The van der Waals surface area contributed by atoms with Gasteiger partial charge in [-0.3, -0.25) is 4.90 Å². The lowest BCUT2D eigenvalue weighted by Crippen LogP contribution is -2.33. The molecule has 1 saturated heterocycles. The predicted octanol–water partition coefficient (Wildman–Crippen LogP) is 1.87. The van der Waals surface area contributed by atoms with Crippen LogP contribution < -0.4 is 5.73 Å². The van der Waals surface area contributed by atoms with Gasteiger partial charge in [0.1, 0.15) is 5.75 Å². The van der Waals surface area contributed by atoms with Crippen LogP contribution in [0.1, 0.15) is 31.9 Å². The molecule has 16 heavy (non-hydrogen) atoms. The highest BCUT2D eigenvalue weighted by molar-refractivity contribution is 5.30. The van der Waals surface area contributed by atoms with Gasteiger partial charge in [-0.25, -0.2) is 0 Å². The predicted molar refractivity (Wildman–Crippen MR) is 65.3 cm³/mol. The molecule has 0 amide bonds. The number of phenols is 1. The van der Waals surface area contributed by atoms with E-state index in [1.54, 1.807) is 6.07 Å². The molecular weight excluding hydrogens is 200 g/mol. The molecule has 3 N–H and O–H groups in total. The Morgan fingerprint density at radius 2 is 2.19 bits per heavy atom. The van der Waals surface area contributed by atoms with E-state index < -0.39 is 0 Å². The van der Waals surface area contributed by atoms with E-state index in [9.17, 15) is 5.11 Å². The summed E-state index contributed by atoms with van der Waals surface area (Å²) >= 11 is 0. The normalized spacial score (nSPS) is 26.5. The number of nitrogens with two attached hydrogens (primary N) is 1. The molecule has 1 aromatic carbocycles. The molecule has 0 saturated carbocycles. The second-order valence-corrected chi connectivity index (χ2v) is 4.90. The molecule has 1 aromatic rings. The molecule has 1 fully saturated rings. The van der Waals surface area contributed by atoms with E-state index in [1.165, 1.54) is 5.56 Å². The van der Waals surface area contributed by atoms with Gasteiger partial charge < -0.3 is 10.8 Å². The van der Waals surface area contributed by atoms with Crippen molar-refractivity contribution in [3.05, 3.63) is 29.8 Å². The fraction of sp³-hybridized carbons (Fsp3) is 0.538. The van der Waals surface area contributed by atoms with Gasteiger partial charge in [0, 0.05) is 24.7 Å². The largest absolute Gasteiger partial charge is 0.508 e. The van der Waals surface area contributed by atoms with Crippen molar-refractivity contribution in [1.29, 1.82) is 0 Å². The average Bonchev–Trinajstić information content (AvgIpc) is 2.60. The lowest BCUT2D eigenvalue weighted by Gasteiger charge is -2.28. The number of rotatable bonds is 2. The van der Waals surface area contributed by atoms with Gasteiger partial charge in [0.15, 0.2) is 0 Å². The Balaban J connectivity index is 2.25. The zero-order chi connectivity index (χ0) is 11.7. The molecule has 3 heteroatoms. The molecule has 2 rings (SSSR count). The summed E-state index contributed by atoms with van der Waals surface area (Å²) in [4.78, 5) is 2.40. The molecule has 0 spiro atoms. The zero-order valence-electron chi connectivity index (χ0n) is 9.93. The molecule has 1 aliphatic heterocycles. The van der Waals surface area contributed by atoms with E-state index in [0.717, 1.165) is 13.0 Å². The first-order chi connectivity index (χ1) is 7.58. The van der Waals surface area contributed by atoms with Crippen LogP contribution in [0, 0.1) is 0 Å². The molecule has 88 valence electrons. The monoisotopic (exact) mass is 220 g/mol. The summed E-state index contributed by atoms with van der Waals surface area (Å²) in [5.41, 5.74) is 7.19. The molecule has 0 radical (unpaired) electrons.